The largest absolute Gasteiger partial charge is 0.491 e. The predicted molar refractivity (Wildman–Crippen MR) is 40.2 cm³/mol. The first-order chi connectivity index (χ1) is 5.74. The first-order valence-corrected chi connectivity index (χ1v) is 3.42. The number of aromatic nitrogens is 2. The van der Waals surface area contributed by atoms with Crippen LogP contribution in [0.1, 0.15) is 17.5 Å². The Labute approximate surface area is 69.0 Å². The van der Waals surface area contributed by atoms with E-state index in [9.17, 15) is 4.79 Å². The van der Waals surface area contributed by atoms with Crippen LogP contribution in [0.4, 0.5) is 0 Å². The third-order valence-corrected chi connectivity index (χ3v) is 1.13. The molecule has 5 nitrogen and oxygen atoms in total. The summed E-state index contributed by atoms with van der Waals surface area (Å²) >= 11 is 0. The van der Waals surface area contributed by atoms with Crippen LogP contribution >= 0.6 is 0 Å². The molecule has 0 radical (unpaired) electrons. The van der Waals surface area contributed by atoms with Crippen molar-refractivity contribution >= 4 is 5.97 Å². The zero-order valence-corrected chi connectivity index (χ0v) is 6.52. The molecule has 0 unspecified atom stereocenters. The van der Waals surface area contributed by atoms with E-state index in [4.69, 9.17) is 9.84 Å². The summed E-state index contributed by atoms with van der Waals surface area (Å²) in [6.07, 6.45) is 2.67. The number of rotatable bonds is 3. The molecule has 0 fully saturated rings. The summed E-state index contributed by atoms with van der Waals surface area (Å²) in [5, 5.41) is 8.44. The fourth-order valence-corrected chi connectivity index (χ4v) is 0.668. The number of hydrogen-bond acceptors (Lipinski definition) is 4. The van der Waals surface area contributed by atoms with Crippen LogP contribution in [0.15, 0.2) is 12.4 Å². The number of hydrogen-bond donors (Lipinski definition) is 1. The SMILES string of the molecule is CCOc1cnc(C(=O)O)nc1. The molecule has 0 aliphatic carbocycles. The third kappa shape index (κ3) is 1.91. The number of carbonyl (C=O) groups is 1. The van der Waals surface area contributed by atoms with E-state index in [2.05, 4.69) is 9.97 Å². The number of carboxylic acid groups (broad SMARTS) is 1. The van der Waals surface area contributed by atoms with Crippen LogP contribution in [0, 0.1) is 0 Å². The number of carboxylic acids is 1. The molecule has 1 N–H and O–H groups in total. The van der Waals surface area contributed by atoms with Crippen molar-refractivity contribution < 1.29 is 14.6 Å². The van der Waals surface area contributed by atoms with E-state index in [1.807, 2.05) is 6.92 Å². The highest BCUT2D eigenvalue weighted by Gasteiger charge is 2.04. The van der Waals surface area contributed by atoms with Crippen LogP contribution in [0.3, 0.4) is 0 Å². The Kier molecular flexibility index (Phi) is 2.57. The van der Waals surface area contributed by atoms with Gasteiger partial charge in [-0.05, 0) is 6.92 Å². The molecule has 0 aliphatic heterocycles. The van der Waals surface area contributed by atoms with Gasteiger partial charge in [0.1, 0.15) is 0 Å². The summed E-state index contributed by atoms with van der Waals surface area (Å²) in [7, 11) is 0. The first kappa shape index (κ1) is 8.45. The highest BCUT2D eigenvalue weighted by Crippen LogP contribution is 2.05. The highest BCUT2D eigenvalue weighted by atomic mass is 16.5. The molecule has 12 heavy (non-hydrogen) atoms. The number of aromatic carboxylic acids is 1. The molecule has 0 atom stereocenters. The van der Waals surface area contributed by atoms with Gasteiger partial charge in [-0.25, -0.2) is 14.8 Å². The third-order valence-electron chi connectivity index (χ3n) is 1.13. The second kappa shape index (κ2) is 3.66. The Morgan fingerprint density at radius 3 is 2.58 bits per heavy atom. The summed E-state index contributed by atoms with van der Waals surface area (Å²) in [6, 6.07) is 0. The van der Waals surface area contributed by atoms with Crippen molar-refractivity contribution in [3.8, 4) is 5.75 Å². The van der Waals surface area contributed by atoms with Gasteiger partial charge in [-0.2, -0.15) is 0 Å². The summed E-state index contributed by atoms with van der Waals surface area (Å²) in [5.74, 6) is -0.890. The van der Waals surface area contributed by atoms with Gasteiger partial charge >= 0.3 is 5.97 Å². The Morgan fingerprint density at radius 2 is 2.17 bits per heavy atom. The van der Waals surface area contributed by atoms with Crippen LogP contribution in [0.5, 0.6) is 5.75 Å². The molecule has 5 heteroatoms. The standard InChI is InChI=1S/C7H8N2O3/c1-2-12-5-3-8-6(7(10)11)9-4-5/h3-4H,2H2,1H3,(H,10,11). The molecule has 0 saturated heterocycles. The summed E-state index contributed by atoms with van der Waals surface area (Å²) in [5.41, 5.74) is 0. The fraction of sp³-hybridized carbons (Fsp3) is 0.286. The molecule has 64 valence electrons. The van der Waals surface area contributed by atoms with E-state index in [1.165, 1.54) is 12.4 Å². The van der Waals surface area contributed by atoms with Crippen molar-refractivity contribution in [3.05, 3.63) is 18.2 Å². The van der Waals surface area contributed by atoms with E-state index < -0.39 is 5.97 Å². The van der Waals surface area contributed by atoms with Crippen LogP contribution in [0.25, 0.3) is 0 Å². The molecule has 1 heterocycles. The lowest BCUT2D eigenvalue weighted by Gasteiger charge is -2.00. The maximum Gasteiger partial charge on any atom is 0.373 e. The van der Waals surface area contributed by atoms with Crippen LogP contribution < -0.4 is 4.74 Å². The van der Waals surface area contributed by atoms with E-state index in [0.29, 0.717) is 12.4 Å². The second-order valence-corrected chi connectivity index (χ2v) is 1.98. The molecule has 1 aromatic heterocycles. The van der Waals surface area contributed by atoms with Gasteiger partial charge in [0, 0.05) is 0 Å². The zero-order chi connectivity index (χ0) is 8.97. The minimum atomic E-state index is -1.14. The molecule has 0 bridgehead atoms. The molecular formula is C7H8N2O3. The average Bonchev–Trinajstić information content (AvgIpc) is 2.06. The number of nitrogens with zero attached hydrogens (tertiary/aromatic N) is 2. The van der Waals surface area contributed by atoms with Gasteiger partial charge in [0.15, 0.2) is 5.75 Å². The van der Waals surface area contributed by atoms with Gasteiger partial charge in [0.2, 0.25) is 5.82 Å². The van der Waals surface area contributed by atoms with Crippen molar-refractivity contribution in [2.75, 3.05) is 6.61 Å². The lowest BCUT2D eigenvalue weighted by atomic mass is 10.5. The van der Waals surface area contributed by atoms with E-state index >= 15 is 0 Å². The van der Waals surface area contributed by atoms with Gasteiger partial charge in [-0.15, -0.1) is 0 Å². The monoisotopic (exact) mass is 168 g/mol. The van der Waals surface area contributed by atoms with Crippen molar-refractivity contribution in [3.63, 3.8) is 0 Å². The normalized spacial score (nSPS) is 9.42. The molecule has 0 saturated carbocycles. The molecule has 1 rings (SSSR count). The Bertz CT molecular complexity index is 270. The van der Waals surface area contributed by atoms with Crippen molar-refractivity contribution in [2.24, 2.45) is 0 Å². The van der Waals surface area contributed by atoms with Gasteiger partial charge in [-0.1, -0.05) is 0 Å². The maximum atomic E-state index is 10.3. The van der Waals surface area contributed by atoms with Gasteiger partial charge < -0.3 is 9.84 Å². The summed E-state index contributed by atoms with van der Waals surface area (Å²) in [6.45, 7) is 2.33. The summed E-state index contributed by atoms with van der Waals surface area (Å²) in [4.78, 5) is 17.4. The van der Waals surface area contributed by atoms with E-state index in [1.54, 1.807) is 0 Å². The minimum absolute atomic E-state index is 0.224. The molecule has 0 aliphatic rings. The second-order valence-electron chi connectivity index (χ2n) is 1.98. The Balaban J connectivity index is 2.78. The van der Waals surface area contributed by atoms with Crippen molar-refractivity contribution in [1.82, 2.24) is 9.97 Å². The fourth-order valence-electron chi connectivity index (χ4n) is 0.668. The van der Waals surface area contributed by atoms with E-state index in [-0.39, 0.29) is 5.82 Å². The van der Waals surface area contributed by atoms with Crippen LogP contribution in [0.2, 0.25) is 0 Å². The van der Waals surface area contributed by atoms with Gasteiger partial charge in [-0.3, -0.25) is 0 Å². The molecule has 0 amide bonds. The molecular weight excluding hydrogens is 160 g/mol. The van der Waals surface area contributed by atoms with Crippen molar-refractivity contribution in [1.29, 1.82) is 0 Å². The summed E-state index contributed by atoms with van der Waals surface area (Å²) < 4.78 is 5.02. The lowest BCUT2D eigenvalue weighted by Crippen LogP contribution is -2.03. The van der Waals surface area contributed by atoms with Crippen LogP contribution in [-0.2, 0) is 0 Å². The van der Waals surface area contributed by atoms with Gasteiger partial charge in [0.25, 0.3) is 0 Å². The quantitative estimate of drug-likeness (QED) is 0.714. The molecule has 1 aromatic rings. The lowest BCUT2D eigenvalue weighted by molar-refractivity contribution is 0.0683. The van der Waals surface area contributed by atoms with Gasteiger partial charge in [0.05, 0.1) is 19.0 Å². The topological polar surface area (TPSA) is 72.3 Å². The Morgan fingerprint density at radius 1 is 1.58 bits per heavy atom. The number of ether oxygens (including phenoxy) is 1. The molecule has 0 spiro atoms. The smallest absolute Gasteiger partial charge is 0.373 e. The molecule has 0 aromatic carbocycles. The predicted octanol–water partition coefficient (Wildman–Crippen LogP) is 0.573. The van der Waals surface area contributed by atoms with E-state index in [0.717, 1.165) is 0 Å². The Hall–Kier alpha value is -1.65. The highest BCUT2D eigenvalue weighted by molar-refractivity contribution is 5.82. The first-order valence-electron chi connectivity index (χ1n) is 3.42. The van der Waals surface area contributed by atoms with Crippen LogP contribution in [-0.4, -0.2) is 27.7 Å². The average molecular weight is 168 g/mol. The zero-order valence-electron chi connectivity index (χ0n) is 6.52. The maximum absolute atomic E-state index is 10.3. The minimum Gasteiger partial charge on any atom is -0.491 e. The van der Waals surface area contributed by atoms with Crippen molar-refractivity contribution in [2.45, 2.75) is 6.92 Å².